The van der Waals surface area contributed by atoms with Crippen LogP contribution in [0, 0.1) is 5.82 Å². The van der Waals surface area contributed by atoms with Gasteiger partial charge in [-0.2, -0.15) is 13.2 Å². The smallest absolute Gasteiger partial charge is 0.383 e. The number of carbonyl (C=O) groups is 1. The lowest BCUT2D eigenvalue weighted by Crippen LogP contribution is -2.34. The highest BCUT2D eigenvalue weighted by Crippen LogP contribution is 2.40. The van der Waals surface area contributed by atoms with Gasteiger partial charge in [0.1, 0.15) is 11.6 Å². The van der Waals surface area contributed by atoms with Crippen LogP contribution in [-0.2, 0) is 12.6 Å². The minimum Gasteiger partial charge on any atom is -0.383 e. The molecule has 174 valence electrons. The predicted molar refractivity (Wildman–Crippen MR) is 121 cm³/mol. The Bertz CT molecular complexity index is 1450. The summed E-state index contributed by atoms with van der Waals surface area (Å²) in [6, 6.07) is 7.49. The van der Waals surface area contributed by atoms with Crippen LogP contribution in [0.5, 0.6) is 0 Å². The maximum Gasteiger partial charge on any atom is 0.416 e. The predicted octanol–water partition coefficient (Wildman–Crippen LogP) is 5.67. The van der Waals surface area contributed by atoms with Gasteiger partial charge in [-0.25, -0.2) is 9.37 Å². The van der Waals surface area contributed by atoms with Crippen LogP contribution in [0.3, 0.4) is 0 Å². The maximum absolute atomic E-state index is 15.1. The van der Waals surface area contributed by atoms with Crippen LogP contribution in [0.15, 0.2) is 48.8 Å². The molecule has 0 saturated carbocycles. The number of aryl methyl sites for hydroxylation is 1. The molecule has 2 N–H and O–H groups in total. The van der Waals surface area contributed by atoms with Crippen molar-refractivity contribution in [3.63, 3.8) is 0 Å². The lowest BCUT2D eigenvalue weighted by molar-refractivity contribution is -0.137. The number of aromatic nitrogens is 2. The summed E-state index contributed by atoms with van der Waals surface area (Å²) in [4.78, 5) is 23.4. The first kappa shape index (κ1) is 22.1. The minimum atomic E-state index is -4.43. The zero-order chi connectivity index (χ0) is 24.2. The second kappa shape index (κ2) is 7.93. The van der Waals surface area contributed by atoms with Gasteiger partial charge in [0, 0.05) is 41.2 Å². The van der Waals surface area contributed by atoms with E-state index in [4.69, 9.17) is 5.73 Å². The van der Waals surface area contributed by atoms with Crippen LogP contribution >= 0.6 is 0 Å². The molecule has 4 aromatic rings. The summed E-state index contributed by atoms with van der Waals surface area (Å²) in [7, 11) is 0. The number of anilines is 1. The number of amides is 1. The van der Waals surface area contributed by atoms with E-state index in [1.807, 2.05) is 0 Å². The molecule has 5 rings (SSSR count). The number of hydrogen-bond donors (Lipinski definition) is 1. The van der Waals surface area contributed by atoms with E-state index in [-0.39, 0.29) is 17.9 Å². The topological polar surface area (TPSA) is 72.1 Å². The first-order valence-corrected chi connectivity index (χ1v) is 10.8. The van der Waals surface area contributed by atoms with E-state index in [1.54, 1.807) is 25.4 Å². The molecule has 0 radical (unpaired) electrons. The molecule has 0 fully saturated rings. The molecule has 0 aliphatic heterocycles. The van der Waals surface area contributed by atoms with E-state index < -0.39 is 29.5 Å². The Morgan fingerprint density at radius 3 is 2.68 bits per heavy atom. The first-order valence-electron chi connectivity index (χ1n) is 10.8. The fourth-order valence-corrected chi connectivity index (χ4v) is 4.81. The Labute approximate surface area is 192 Å². The fraction of sp³-hybridized carbons (Fsp3) is 0.240. The Kier molecular flexibility index (Phi) is 5.15. The number of nitrogen functional groups attached to an aromatic ring is 1. The summed E-state index contributed by atoms with van der Waals surface area (Å²) >= 11 is 0. The van der Waals surface area contributed by atoms with Gasteiger partial charge in [-0.3, -0.25) is 9.78 Å². The standard InChI is InChI=1S/C25H20F4N4O/c1-2-33(22-6-3-13-9-14(25(27,28)29)4-5-15(13)22)24(34)18-10-17-19-12-31-8-7-16(19)23(30)32-21(17)11-20(18)26/h4-5,7-12,22H,2-3,6H2,1H3,(H2,30,32). The van der Waals surface area contributed by atoms with Crippen molar-refractivity contribution in [3.05, 3.63) is 76.9 Å². The number of pyridine rings is 2. The number of nitrogens with zero attached hydrogens (tertiary/aromatic N) is 3. The van der Waals surface area contributed by atoms with Crippen LogP contribution in [0.4, 0.5) is 23.4 Å². The molecule has 5 nitrogen and oxygen atoms in total. The molecule has 1 aliphatic rings. The van der Waals surface area contributed by atoms with Crippen LogP contribution in [0.25, 0.3) is 21.7 Å². The third-order valence-electron chi connectivity index (χ3n) is 6.44. The van der Waals surface area contributed by atoms with Crippen LogP contribution in [0.2, 0.25) is 0 Å². The zero-order valence-electron chi connectivity index (χ0n) is 18.2. The molecule has 1 atom stereocenters. The van der Waals surface area contributed by atoms with Crippen molar-refractivity contribution in [1.29, 1.82) is 0 Å². The highest BCUT2D eigenvalue weighted by atomic mass is 19.4. The van der Waals surface area contributed by atoms with Crippen LogP contribution in [-0.4, -0.2) is 27.3 Å². The van der Waals surface area contributed by atoms with Crippen molar-refractivity contribution < 1.29 is 22.4 Å². The van der Waals surface area contributed by atoms with Gasteiger partial charge in [0.25, 0.3) is 5.91 Å². The summed E-state index contributed by atoms with van der Waals surface area (Å²) in [6.07, 6.45) is -0.395. The third-order valence-corrected chi connectivity index (χ3v) is 6.44. The van der Waals surface area contributed by atoms with Crippen LogP contribution < -0.4 is 5.73 Å². The molecule has 1 aliphatic carbocycles. The molecular weight excluding hydrogens is 448 g/mol. The fourth-order valence-electron chi connectivity index (χ4n) is 4.81. The lowest BCUT2D eigenvalue weighted by Gasteiger charge is -2.29. The summed E-state index contributed by atoms with van der Waals surface area (Å²) in [5, 5.41) is 1.83. The van der Waals surface area contributed by atoms with Crippen molar-refractivity contribution in [2.45, 2.75) is 32.0 Å². The summed E-state index contributed by atoms with van der Waals surface area (Å²) in [6.45, 7) is 2.03. The quantitative estimate of drug-likeness (QED) is 0.311. The van der Waals surface area contributed by atoms with Crippen LogP contribution in [0.1, 0.15) is 46.4 Å². The number of carbonyl (C=O) groups excluding carboxylic acids is 1. The molecule has 2 aromatic heterocycles. The molecule has 2 aromatic carbocycles. The molecule has 1 amide bonds. The largest absolute Gasteiger partial charge is 0.416 e. The van der Waals surface area contributed by atoms with E-state index in [1.165, 1.54) is 23.1 Å². The van der Waals surface area contributed by atoms with Crippen molar-refractivity contribution in [2.24, 2.45) is 0 Å². The van der Waals surface area contributed by atoms with Gasteiger partial charge >= 0.3 is 6.18 Å². The van der Waals surface area contributed by atoms with E-state index in [9.17, 15) is 18.0 Å². The Hall–Kier alpha value is -3.75. The maximum atomic E-state index is 15.1. The number of hydrogen-bond acceptors (Lipinski definition) is 4. The zero-order valence-corrected chi connectivity index (χ0v) is 18.2. The van der Waals surface area contributed by atoms with Gasteiger partial charge in [0.05, 0.1) is 22.7 Å². The van der Waals surface area contributed by atoms with Gasteiger partial charge < -0.3 is 10.6 Å². The van der Waals surface area contributed by atoms with E-state index >= 15 is 4.39 Å². The van der Waals surface area contributed by atoms with E-state index in [2.05, 4.69) is 9.97 Å². The first-order chi connectivity index (χ1) is 16.2. The Morgan fingerprint density at radius 1 is 1.15 bits per heavy atom. The number of fused-ring (bicyclic) bond motifs is 4. The number of nitrogens with two attached hydrogens (primary N) is 1. The van der Waals surface area contributed by atoms with Gasteiger partial charge in [-0.1, -0.05) is 6.07 Å². The summed E-state index contributed by atoms with van der Waals surface area (Å²) in [5.74, 6) is -1.04. The molecule has 2 heterocycles. The molecule has 0 spiro atoms. The molecule has 9 heteroatoms. The highest BCUT2D eigenvalue weighted by Gasteiger charge is 2.36. The van der Waals surface area contributed by atoms with Crippen molar-refractivity contribution in [2.75, 3.05) is 12.3 Å². The third kappa shape index (κ3) is 3.52. The van der Waals surface area contributed by atoms with Gasteiger partial charge in [-0.15, -0.1) is 0 Å². The van der Waals surface area contributed by atoms with Gasteiger partial charge in [0.2, 0.25) is 0 Å². The molecule has 0 bridgehead atoms. The van der Waals surface area contributed by atoms with Crippen molar-refractivity contribution in [3.8, 4) is 0 Å². The molecule has 0 saturated heterocycles. The Morgan fingerprint density at radius 2 is 1.94 bits per heavy atom. The van der Waals surface area contributed by atoms with Gasteiger partial charge in [0.15, 0.2) is 0 Å². The van der Waals surface area contributed by atoms with Gasteiger partial charge in [-0.05, 0) is 55.2 Å². The molecule has 1 unspecified atom stereocenters. The normalized spacial score (nSPS) is 15.6. The number of rotatable bonds is 3. The van der Waals surface area contributed by atoms with Crippen molar-refractivity contribution in [1.82, 2.24) is 14.9 Å². The number of benzene rings is 2. The van der Waals surface area contributed by atoms with Crippen molar-refractivity contribution >= 4 is 33.4 Å². The lowest BCUT2D eigenvalue weighted by atomic mass is 10.0. The highest BCUT2D eigenvalue weighted by molar-refractivity contribution is 6.11. The summed E-state index contributed by atoms with van der Waals surface area (Å²) < 4.78 is 54.4. The second-order valence-electron chi connectivity index (χ2n) is 8.32. The SMILES string of the molecule is CCN(C(=O)c1cc2c(cc1F)nc(N)c1ccncc12)C1CCc2cc(C(F)(F)F)ccc21. The second-order valence-corrected chi connectivity index (χ2v) is 8.32. The minimum absolute atomic E-state index is 0.133. The average Bonchev–Trinajstić information content (AvgIpc) is 3.22. The number of halogens is 4. The number of alkyl halides is 3. The molecule has 34 heavy (non-hydrogen) atoms. The molecular formula is C25H20F4N4O. The van der Waals surface area contributed by atoms with E-state index in [0.717, 1.165) is 12.1 Å². The van der Waals surface area contributed by atoms with E-state index in [0.29, 0.717) is 45.6 Å². The monoisotopic (exact) mass is 468 g/mol. The summed E-state index contributed by atoms with van der Waals surface area (Å²) in [5.41, 5.74) is 6.68. The Balaban J connectivity index is 1.57. The average molecular weight is 468 g/mol.